The molecule has 0 aromatic heterocycles. The molecule has 3 fully saturated rings. The Morgan fingerprint density at radius 1 is 0.833 bits per heavy atom. The van der Waals surface area contributed by atoms with Crippen LogP contribution in [0.15, 0.2) is 0 Å². The summed E-state index contributed by atoms with van der Waals surface area (Å²) < 4.78 is 9.56. The summed E-state index contributed by atoms with van der Waals surface area (Å²) in [6.07, 6.45) is 3.28. The fraction of sp³-hybridized carbons (Fsp3) is 1.00. The third-order valence-electron chi connectivity index (χ3n) is 2.20. The molecule has 0 spiro atoms. The molecule has 3 saturated heterocycles. The first-order valence-corrected chi connectivity index (χ1v) is 6.35. The van der Waals surface area contributed by atoms with Crippen LogP contribution in [0.2, 0.25) is 0 Å². The summed E-state index contributed by atoms with van der Waals surface area (Å²) in [6, 6.07) is 0. The molecule has 3 rings (SSSR count). The molecule has 3 aliphatic heterocycles. The van der Waals surface area contributed by atoms with Crippen molar-refractivity contribution in [3.8, 4) is 0 Å². The maximum atomic E-state index is 9.56. The molecule has 0 saturated carbocycles. The molecule has 2 bridgehead atoms. The van der Waals surface area contributed by atoms with E-state index in [9.17, 15) is 4.55 Å². The van der Waals surface area contributed by atoms with Crippen molar-refractivity contribution in [2.45, 2.75) is 0 Å². The van der Waals surface area contributed by atoms with Gasteiger partial charge in [-0.3, -0.25) is 9.80 Å². The summed E-state index contributed by atoms with van der Waals surface area (Å²) in [6.45, 7) is 7.92. The third kappa shape index (κ3) is 3.76. The Morgan fingerprint density at radius 2 is 1.00 bits per heavy atom. The molecule has 0 aromatic rings. The van der Waals surface area contributed by atoms with Crippen molar-refractivity contribution < 1.29 is 4.55 Å². The maximum Gasteiger partial charge on any atom is 0.0946 e. The average Bonchev–Trinajstić information content (AvgIpc) is 2.07. The zero-order valence-corrected chi connectivity index (χ0v) is 8.77. The van der Waals surface area contributed by atoms with Gasteiger partial charge in [-0.2, -0.15) is 0 Å². The van der Waals surface area contributed by atoms with E-state index in [-0.39, 0.29) is 0 Å². The van der Waals surface area contributed by atoms with E-state index in [2.05, 4.69) is 9.80 Å². The molecular weight excluding hydrogens is 172 g/mol. The predicted molar refractivity (Wildman–Crippen MR) is 52.9 cm³/mol. The SMILES string of the molecule is C1CN2CCN1CC2.C[S+](C)[O-]. The Labute approximate surface area is 77.9 Å². The second-order valence-electron chi connectivity index (χ2n) is 3.42. The van der Waals surface area contributed by atoms with Gasteiger partial charge in [0.05, 0.1) is 12.5 Å². The second kappa shape index (κ2) is 5.07. The molecule has 0 unspecified atom stereocenters. The smallest absolute Gasteiger partial charge is 0.0946 e. The highest BCUT2D eigenvalue weighted by molar-refractivity contribution is 7.89. The number of fused-ring (bicyclic) bond motifs is 3. The third-order valence-corrected chi connectivity index (χ3v) is 2.20. The van der Waals surface area contributed by atoms with Crippen LogP contribution in [0.4, 0.5) is 0 Å². The van der Waals surface area contributed by atoms with Crippen LogP contribution in [0.1, 0.15) is 0 Å². The van der Waals surface area contributed by atoms with Crippen LogP contribution in [0.5, 0.6) is 0 Å². The van der Waals surface area contributed by atoms with E-state index in [0.29, 0.717) is 0 Å². The normalized spacial score (nSPS) is 33.0. The number of hydrogen-bond acceptors (Lipinski definition) is 3. The van der Waals surface area contributed by atoms with Crippen molar-refractivity contribution in [1.29, 1.82) is 0 Å². The molecule has 0 amide bonds. The molecule has 4 heteroatoms. The lowest BCUT2D eigenvalue weighted by Gasteiger charge is -2.41. The van der Waals surface area contributed by atoms with Gasteiger partial charge in [0.15, 0.2) is 0 Å². The zero-order valence-electron chi connectivity index (χ0n) is 7.95. The zero-order chi connectivity index (χ0) is 8.97. The fourth-order valence-electron chi connectivity index (χ4n) is 1.52. The first kappa shape index (κ1) is 10.3. The van der Waals surface area contributed by atoms with Gasteiger partial charge in [-0.1, -0.05) is 11.2 Å². The standard InChI is InChI=1S/C6H12N2.C2H6OS/c1-2-8-5-3-7(1)4-6-8;1-4(2)3/h1-6H2;1-2H3. The van der Waals surface area contributed by atoms with E-state index in [1.807, 2.05) is 0 Å². The van der Waals surface area contributed by atoms with Gasteiger partial charge in [-0.15, -0.1) is 0 Å². The summed E-state index contributed by atoms with van der Waals surface area (Å²) >= 11 is -0.611. The van der Waals surface area contributed by atoms with Gasteiger partial charge in [0.2, 0.25) is 0 Å². The minimum absolute atomic E-state index is 0.611. The summed E-state index contributed by atoms with van der Waals surface area (Å²) in [7, 11) is 0. The summed E-state index contributed by atoms with van der Waals surface area (Å²) in [5.74, 6) is 0. The molecule has 0 aromatic carbocycles. The van der Waals surface area contributed by atoms with E-state index in [4.69, 9.17) is 0 Å². The van der Waals surface area contributed by atoms with Crippen LogP contribution in [-0.4, -0.2) is 66.1 Å². The van der Waals surface area contributed by atoms with Crippen LogP contribution >= 0.6 is 0 Å². The average molecular weight is 190 g/mol. The van der Waals surface area contributed by atoms with Gasteiger partial charge in [0, 0.05) is 39.3 Å². The number of nitrogens with zero attached hydrogens (tertiary/aromatic N) is 2. The van der Waals surface area contributed by atoms with Crippen molar-refractivity contribution in [2.75, 3.05) is 51.8 Å². The number of hydrogen-bond donors (Lipinski definition) is 0. The number of piperazine rings is 3. The molecule has 0 aliphatic carbocycles. The van der Waals surface area contributed by atoms with Crippen molar-refractivity contribution in [1.82, 2.24) is 9.80 Å². The summed E-state index contributed by atoms with van der Waals surface area (Å²) in [5.41, 5.74) is 0. The van der Waals surface area contributed by atoms with Gasteiger partial charge < -0.3 is 4.55 Å². The molecule has 0 N–H and O–H groups in total. The molecule has 3 heterocycles. The van der Waals surface area contributed by atoms with Gasteiger partial charge in [0.1, 0.15) is 0 Å². The van der Waals surface area contributed by atoms with E-state index in [1.54, 1.807) is 12.5 Å². The fourth-order valence-corrected chi connectivity index (χ4v) is 1.52. The highest BCUT2D eigenvalue weighted by Gasteiger charge is 2.21. The highest BCUT2D eigenvalue weighted by Crippen LogP contribution is 2.06. The van der Waals surface area contributed by atoms with Crippen LogP contribution < -0.4 is 0 Å². The molecule has 0 radical (unpaired) electrons. The van der Waals surface area contributed by atoms with Crippen molar-refractivity contribution in [3.63, 3.8) is 0 Å². The largest absolute Gasteiger partial charge is 0.617 e. The molecule has 3 aliphatic rings. The van der Waals surface area contributed by atoms with Crippen LogP contribution in [-0.2, 0) is 11.2 Å². The van der Waals surface area contributed by atoms with E-state index < -0.39 is 11.2 Å². The van der Waals surface area contributed by atoms with Crippen molar-refractivity contribution in [2.24, 2.45) is 0 Å². The van der Waals surface area contributed by atoms with Gasteiger partial charge >= 0.3 is 0 Å². The van der Waals surface area contributed by atoms with Crippen LogP contribution in [0, 0.1) is 0 Å². The van der Waals surface area contributed by atoms with Crippen LogP contribution in [0.3, 0.4) is 0 Å². The molecular formula is C8H18N2OS. The van der Waals surface area contributed by atoms with Crippen molar-refractivity contribution in [3.05, 3.63) is 0 Å². The Balaban J connectivity index is 0.000000157. The van der Waals surface area contributed by atoms with Crippen molar-refractivity contribution >= 4 is 11.2 Å². The lowest BCUT2D eigenvalue weighted by Crippen LogP contribution is -2.55. The minimum Gasteiger partial charge on any atom is -0.617 e. The number of rotatable bonds is 0. The predicted octanol–water partition coefficient (Wildman–Crippen LogP) is -0.388. The quantitative estimate of drug-likeness (QED) is 0.487. The first-order chi connectivity index (χ1) is 5.68. The minimum atomic E-state index is -0.611. The maximum absolute atomic E-state index is 9.56. The molecule has 72 valence electrons. The van der Waals surface area contributed by atoms with E-state index >= 15 is 0 Å². The van der Waals surface area contributed by atoms with Crippen LogP contribution in [0.25, 0.3) is 0 Å². The Hall–Kier alpha value is 0.230. The summed E-state index contributed by atoms with van der Waals surface area (Å²) in [5, 5.41) is 0. The van der Waals surface area contributed by atoms with Gasteiger partial charge in [-0.05, 0) is 0 Å². The highest BCUT2D eigenvalue weighted by atomic mass is 32.2. The lowest BCUT2D eigenvalue weighted by atomic mass is 10.2. The van der Waals surface area contributed by atoms with E-state index in [0.717, 1.165) is 0 Å². The molecule has 3 nitrogen and oxygen atoms in total. The van der Waals surface area contributed by atoms with E-state index in [1.165, 1.54) is 39.3 Å². The van der Waals surface area contributed by atoms with Gasteiger partial charge in [-0.25, -0.2) is 0 Å². The monoisotopic (exact) mass is 190 g/mol. The Bertz CT molecular complexity index is 98.5. The topological polar surface area (TPSA) is 29.5 Å². The summed E-state index contributed by atoms with van der Waals surface area (Å²) in [4.78, 5) is 5.08. The molecule has 12 heavy (non-hydrogen) atoms. The second-order valence-corrected chi connectivity index (χ2v) is 4.91. The van der Waals surface area contributed by atoms with Gasteiger partial charge in [0.25, 0.3) is 0 Å². The Morgan fingerprint density at radius 3 is 1.08 bits per heavy atom. The lowest BCUT2D eigenvalue weighted by molar-refractivity contribution is 0.0647. The first-order valence-electron chi connectivity index (χ1n) is 4.38. The molecule has 0 atom stereocenters. The Kier molecular flexibility index (Phi) is 4.35.